The van der Waals surface area contributed by atoms with E-state index in [4.69, 9.17) is 5.11 Å². The number of nitrogens with zero attached hydrogens (tertiary/aromatic N) is 2. The Labute approximate surface area is 108 Å². The molecule has 1 unspecified atom stereocenters. The second kappa shape index (κ2) is 5.52. The maximum absolute atomic E-state index is 12.2. The molecule has 0 aromatic carbocycles. The largest absolute Gasteiger partial charge is 0.396 e. The normalized spacial score (nSPS) is 13.4. The molecule has 1 aromatic heterocycles. The van der Waals surface area contributed by atoms with Gasteiger partial charge in [-0.15, -0.1) is 0 Å². The van der Waals surface area contributed by atoms with E-state index in [1.165, 1.54) is 0 Å². The Morgan fingerprint density at radius 3 is 2.56 bits per heavy atom. The Balaban J connectivity index is 2.82. The molecule has 1 amide bonds. The van der Waals surface area contributed by atoms with Crippen LogP contribution < -0.4 is 5.32 Å². The van der Waals surface area contributed by atoms with E-state index in [0.29, 0.717) is 17.7 Å². The first-order chi connectivity index (χ1) is 8.25. The van der Waals surface area contributed by atoms with Gasteiger partial charge in [-0.2, -0.15) is 5.10 Å². The van der Waals surface area contributed by atoms with Gasteiger partial charge in [0.05, 0.1) is 11.3 Å². The van der Waals surface area contributed by atoms with Crippen molar-refractivity contribution in [1.29, 1.82) is 0 Å². The summed E-state index contributed by atoms with van der Waals surface area (Å²) in [5.41, 5.74) is 1.21. The van der Waals surface area contributed by atoms with E-state index in [1.54, 1.807) is 17.9 Å². The highest BCUT2D eigenvalue weighted by molar-refractivity contribution is 5.95. The van der Waals surface area contributed by atoms with Gasteiger partial charge in [0.1, 0.15) is 0 Å². The van der Waals surface area contributed by atoms with Crippen molar-refractivity contribution in [2.24, 2.45) is 12.5 Å². The molecule has 1 atom stereocenters. The average Bonchev–Trinajstić information content (AvgIpc) is 2.55. The van der Waals surface area contributed by atoms with Gasteiger partial charge in [0.2, 0.25) is 0 Å². The fraction of sp³-hybridized carbons (Fsp3) is 0.692. The van der Waals surface area contributed by atoms with Crippen LogP contribution in [0.5, 0.6) is 0 Å². The van der Waals surface area contributed by atoms with Crippen LogP contribution in [-0.2, 0) is 7.05 Å². The van der Waals surface area contributed by atoms with Crippen LogP contribution in [0.15, 0.2) is 6.20 Å². The van der Waals surface area contributed by atoms with Crippen molar-refractivity contribution >= 4 is 5.91 Å². The predicted molar refractivity (Wildman–Crippen MR) is 70.4 cm³/mol. The molecular weight excluding hydrogens is 230 g/mol. The average molecular weight is 253 g/mol. The van der Waals surface area contributed by atoms with E-state index in [1.807, 2.05) is 27.7 Å². The molecule has 0 aliphatic rings. The SMILES string of the molecule is Cc1nn(C)cc1C(=O)NC(CCO)C(C)(C)C. The highest BCUT2D eigenvalue weighted by Gasteiger charge is 2.26. The molecule has 5 heteroatoms. The molecule has 0 aliphatic heterocycles. The maximum atomic E-state index is 12.2. The van der Waals surface area contributed by atoms with Gasteiger partial charge in [-0.25, -0.2) is 0 Å². The van der Waals surface area contributed by atoms with Crippen LogP contribution in [0.25, 0.3) is 0 Å². The van der Waals surface area contributed by atoms with Crippen molar-refractivity contribution in [2.75, 3.05) is 6.61 Å². The summed E-state index contributed by atoms with van der Waals surface area (Å²) >= 11 is 0. The standard InChI is InChI=1S/C13H23N3O2/c1-9-10(8-16(5)15-9)12(18)14-11(6-7-17)13(2,3)4/h8,11,17H,6-7H2,1-5H3,(H,14,18). The van der Waals surface area contributed by atoms with Crippen molar-refractivity contribution in [3.05, 3.63) is 17.5 Å². The highest BCUT2D eigenvalue weighted by Crippen LogP contribution is 2.22. The van der Waals surface area contributed by atoms with E-state index in [2.05, 4.69) is 10.4 Å². The van der Waals surface area contributed by atoms with E-state index >= 15 is 0 Å². The number of amides is 1. The number of nitrogens with one attached hydrogen (secondary N) is 1. The van der Waals surface area contributed by atoms with Gasteiger partial charge < -0.3 is 10.4 Å². The number of rotatable bonds is 4. The first kappa shape index (κ1) is 14.7. The third-order valence-electron chi connectivity index (χ3n) is 3.03. The zero-order valence-electron chi connectivity index (χ0n) is 11.8. The van der Waals surface area contributed by atoms with Gasteiger partial charge in [-0.3, -0.25) is 9.48 Å². The highest BCUT2D eigenvalue weighted by atomic mass is 16.3. The number of hydrogen-bond donors (Lipinski definition) is 2. The van der Waals surface area contributed by atoms with Crippen LogP contribution in [-0.4, -0.2) is 33.4 Å². The summed E-state index contributed by atoms with van der Waals surface area (Å²) in [4.78, 5) is 12.2. The lowest BCUT2D eigenvalue weighted by molar-refractivity contribution is 0.0884. The number of aliphatic hydroxyl groups excluding tert-OH is 1. The molecule has 0 bridgehead atoms. The molecule has 1 rings (SSSR count). The van der Waals surface area contributed by atoms with Crippen LogP contribution in [0.1, 0.15) is 43.2 Å². The summed E-state index contributed by atoms with van der Waals surface area (Å²) in [5, 5.41) is 16.2. The van der Waals surface area contributed by atoms with Crippen LogP contribution >= 0.6 is 0 Å². The number of carbonyl (C=O) groups excluding carboxylic acids is 1. The number of aromatic nitrogens is 2. The summed E-state index contributed by atoms with van der Waals surface area (Å²) < 4.78 is 1.63. The minimum Gasteiger partial charge on any atom is -0.396 e. The summed E-state index contributed by atoms with van der Waals surface area (Å²) in [6, 6.07) is -0.0605. The molecule has 18 heavy (non-hydrogen) atoms. The van der Waals surface area contributed by atoms with Gasteiger partial charge in [-0.05, 0) is 18.8 Å². The fourth-order valence-corrected chi connectivity index (χ4v) is 1.91. The summed E-state index contributed by atoms with van der Waals surface area (Å²) in [6.45, 7) is 8.01. The van der Waals surface area contributed by atoms with Crippen molar-refractivity contribution in [3.63, 3.8) is 0 Å². The molecule has 0 spiro atoms. The monoisotopic (exact) mass is 253 g/mol. The number of aryl methyl sites for hydroxylation is 2. The third-order valence-corrected chi connectivity index (χ3v) is 3.03. The Hall–Kier alpha value is -1.36. The Morgan fingerprint density at radius 2 is 2.17 bits per heavy atom. The Morgan fingerprint density at radius 1 is 1.56 bits per heavy atom. The molecule has 0 fully saturated rings. The molecule has 5 nitrogen and oxygen atoms in total. The summed E-state index contributed by atoms with van der Waals surface area (Å²) in [5.74, 6) is -0.131. The number of aliphatic hydroxyl groups is 1. The fourth-order valence-electron chi connectivity index (χ4n) is 1.91. The molecule has 0 aliphatic carbocycles. The number of hydrogen-bond acceptors (Lipinski definition) is 3. The van der Waals surface area contributed by atoms with Crippen LogP contribution in [0.2, 0.25) is 0 Å². The predicted octanol–water partition coefficient (Wildman–Crippen LogP) is 1.26. The second-order valence-corrected chi connectivity index (χ2v) is 5.71. The molecule has 1 heterocycles. The molecule has 0 saturated carbocycles. The molecule has 2 N–H and O–H groups in total. The van der Waals surface area contributed by atoms with E-state index < -0.39 is 0 Å². The van der Waals surface area contributed by atoms with Crippen LogP contribution in [0.4, 0.5) is 0 Å². The first-order valence-electron chi connectivity index (χ1n) is 6.17. The topological polar surface area (TPSA) is 67.2 Å². The Kier molecular flexibility index (Phi) is 4.51. The van der Waals surface area contributed by atoms with Crippen molar-refractivity contribution in [3.8, 4) is 0 Å². The lowest BCUT2D eigenvalue weighted by Gasteiger charge is -2.31. The van der Waals surface area contributed by atoms with Crippen LogP contribution in [0.3, 0.4) is 0 Å². The number of carbonyl (C=O) groups is 1. The van der Waals surface area contributed by atoms with Crippen molar-refractivity contribution in [2.45, 2.75) is 40.2 Å². The second-order valence-electron chi connectivity index (χ2n) is 5.71. The summed E-state index contributed by atoms with van der Waals surface area (Å²) in [7, 11) is 1.79. The Bertz CT molecular complexity index is 418. The van der Waals surface area contributed by atoms with Crippen LogP contribution in [0, 0.1) is 12.3 Å². The molecule has 0 radical (unpaired) electrons. The van der Waals surface area contributed by atoms with Gasteiger partial charge in [0.25, 0.3) is 5.91 Å². The van der Waals surface area contributed by atoms with E-state index in [9.17, 15) is 4.79 Å². The third kappa shape index (κ3) is 3.57. The van der Waals surface area contributed by atoms with Gasteiger partial charge in [0, 0.05) is 25.9 Å². The van der Waals surface area contributed by atoms with Crippen molar-refractivity contribution in [1.82, 2.24) is 15.1 Å². The lowest BCUT2D eigenvalue weighted by Crippen LogP contribution is -2.44. The van der Waals surface area contributed by atoms with E-state index in [-0.39, 0.29) is 24.0 Å². The lowest BCUT2D eigenvalue weighted by atomic mass is 9.85. The molecular formula is C13H23N3O2. The first-order valence-corrected chi connectivity index (χ1v) is 6.17. The minimum absolute atomic E-state index is 0.0605. The van der Waals surface area contributed by atoms with E-state index in [0.717, 1.165) is 0 Å². The minimum atomic E-state index is -0.131. The van der Waals surface area contributed by atoms with Crippen molar-refractivity contribution < 1.29 is 9.90 Å². The van der Waals surface area contributed by atoms with Gasteiger partial charge >= 0.3 is 0 Å². The molecule has 0 saturated heterocycles. The maximum Gasteiger partial charge on any atom is 0.254 e. The molecule has 102 valence electrons. The summed E-state index contributed by atoms with van der Waals surface area (Å²) in [6.07, 6.45) is 2.26. The smallest absolute Gasteiger partial charge is 0.254 e. The zero-order valence-corrected chi connectivity index (χ0v) is 11.8. The van der Waals surface area contributed by atoms with Gasteiger partial charge in [0.15, 0.2) is 0 Å². The van der Waals surface area contributed by atoms with Gasteiger partial charge in [-0.1, -0.05) is 20.8 Å². The zero-order chi connectivity index (χ0) is 13.9. The quantitative estimate of drug-likeness (QED) is 0.848. The molecule has 1 aromatic rings.